The predicted molar refractivity (Wildman–Crippen MR) is 218 cm³/mol. The number of phosphoric acid groups is 1. The molecule has 2 aromatic rings. The maximum atomic E-state index is 13.5. The Morgan fingerprint density at radius 3 is 2.07 bits per heavy atom. The first kappa shape index (κ1) is 45.0. The highest BCUT2D eigenvalue weighted by molar-refractivity contribution is 7.47. The molecule has 14 nitrogen and oxygen atoms in total. The molecule has 8 atom stereocenters. The summed E-state index contributed by atoms with van der Waals surface area (Å²) in [6.07, 6.45) is 2.52. The Hall–Kier alpha value is -3.56. The molecule has 6 rings (SSSR count). The standard InChI is InChI=1S/C44H61N4O10P/c1-9-43(7,19-22-54-44(8,10-2)39-37(47-20-11-13-35(47)49)31-25-29(27-45)15-17-33(31)56-41(39,3)4)58-59(51,52)55-24-23-53-40-38(48-21-12-14-36(48)50)32-26-30(28-46)16-18-34(32)57-42(40,5)6/h15-18,25-26,36-40,50H,9-14,19-24H2,1-8H3,(H,51,52)/t36?,37-,38-,39+,40+,43?,44-/m0/s1. The van der Waals surface area contributed by atoms with Gasteiger partial charge in [-0.3, -0.25) is 18.7 Å². The molecule has 0 spiro atoms. The first-order valence-electron chi connectivity index (χ1n) is 20.9. The molecular formula is C44H61N4O10P. The highest BCUT2D eigenvalue weighted by Crippen LogP contribution is 2.55. The van der Waals surface area contributed by atoms with Crippen LogP contribution in [0, 0.1) is 28.6 Å². The lowest BCUT2D eigenvalue weighted by atomic mass is 9.67. The molecule has 0 bridgehead atoms. The summed E-state index contributed by atoms with van der Waals surface area (Å²) >= 11 is 0. The lowest BCUT2D eigenvalue weighted by Crippen LogP contribution is -2.59. The summed E-state index contributed by atoms with van der Waals surface area (Å²) in [7, 11) is -4.60. The number of nitriles is 2. The van der Waals surface area contributed by atoms with E-state index >= 15 is 0 Å². The second-order valence-electron chi connectivity index (χ2n) is 17.8. The van der Waals surface area contributed by atoms with E-state index in [-0.39, 0.29) is 38.1 Å². The summed E-state index contributed by atoms with van der Waals surface area (Å²) in [5, 5.41) is 30.3. The quantitative estimate of drug-likeness (QED) is 0.126. The molecule has 0 aromatic heterocycles. The van der Waals surface area contributed by atoms with Crippen LogP contribution in [0.25, 0.3) is 0 Å². The number of likely N-dealkylation sites (tertiary alicyclic amines) is 2. The molecule has 2 saturated heterocycles. The van der Waals surface area contributed by atoms with Crippen LogP contribution >= 0.6 is 7.82 Å². The van der Waals surface area contributed by atoms with Crippen LogP contribution in [0.2, 0.25) is 0 Å². The Labute approximate surface area is 348 Å². The number of rotatable bonds is 16. The van der Waals surface area contributed by atoms with Gasteiger partial charge in [-0.05, 0) is 110 Å². The van der Waals surface area contributed by atoms with Gasteiger partial charge >= 0.3 is 7.82 Å². The average Bonchev–Trinajstić information content (AvgIpc) is 3.81. The molecule has 0 aliphatic carbocycles. The van der Waals surface area contributed by atoms with Gasteiger partial charge in [-0.25, -0.2) is 4.57 Å². The fourth-order valence-electron chi connectivity index (χ4n) is 9.63. The van der Waals surface area contributed by atoms with E-state index < -0.39 is 54.6 Å². The van der Waals surface area contributed by atoms with Crippen molar-refractivity contribution in [3.05, 3.63) is 58.7 Å². The van der Waals surface area contributed by atoms with E-state index in [1.807, 2.05) is 70.4 Å². The van der Waals surface area contributed by atoms with Crippen LogP contribution < -0.4 is 9.47 Å². The van der Waals surface area contributed by atoms with Gasteiger partial charge in [0.15, 0.2) is 0 Å². The molecule has 3 unspecified atom stereocenters. The number of benzene rings is 2. The zero-order chi connectivity index (χ0) is 43.0. The highest BCUT2D eigenvalue weighted by atomic mass is 31.2. The van der Waals surface area contributed by atoms with Crippen LogP contribution in [-0.2, 0) is 27.9 Å². The van der Waals surface area contributed by atoms with Crippen molar-refractivity contribution < 1.29 is 47.4 Å². The number of aliphatic hydroxyl groups excluding tert-OH is 1. The maximum absolute atomic E-state index is 13.5. The van der Waals surface area contributed by atoms with Crippen molar-refractivity contribution >= 4 is 13.7 Å². The largest absolute Gasteiger partial charge is 0.487 e. The van der Waals surface area contributed by atoms with E-state index in [2.05, 4.69) is 12.1 Å². The summed E-state index contributed by atoms with van der Waals surface area (Å²) in [6.45, 7) is 16.5. The minimum atomic E-state index is -4.60. The van der Waals surface area contributed by atoms with Crippen LogP contribution in [0.5, 0.6) is 11.5 Å². The first-order chi connectivity index (χ1) is 27.8. The van der Waals surface area contributed by atoms with Gasteiger partial charge in [0, 0.05) is 37.1 Å². The molecule has 4 aliphatic heterocycles. The van der Waals surface area contributed by atoms with E-state index in [1.54, 1.807) is 31.2 Å². The lowest BCUT2D eigenvalue weighted by molar-refractivity contribution is -0.173. The number of phosphoric ester groups is 1. The summed E-state index contributed by atoms with van der Waals surface area (Å²) in [4.78, 5) is 28.2. The molecule has 4 heterocycles. The number of carbonyl (C=O) groups excluding carboxylic acids is 1. The Kier molecular flexibility index (Phi) is 13.3. The first-order valence-corrected chi connectivity index (χ1v) is 22.4. The van der Waals surface area contributed by atoms with Crippen molar-refractivity contribution in [1.29, 1.82) is 10.5 Å². The number of nitrogens with zero attached hydrogens (tertiary/aromatic N) is 4. The van der Waals surface area contributed by atoms with E-state index in [4.69, 9.17) is 28.0 Å². The number of aliphatic hydroxyl groups is 1. The third kappa shape index (κ3) is 9.36. The predicted octanol–water partition coefficient (Wildman–Crippen LogP) is 7.47. The molecule has 322 valence electrons. The smallest absolute Gasteiger partial charge is 0.472 e. The maximum Gasteiger partial charge on any atom is 0.472 e. The van der Waals surface area contributed by atoms with Gasteiger partial charge < -0.3 is 33.8 Å². The Morgan fingerprint density at radius 1 is 0.898 bits per heavy atom. The molecule has 0 saturated carbocycles. The molecule has 2 N–H and O–H groups in total. The van der Waals surface area contributed by atoms with Gasteiger partial charge in [0.1, 0.15) is 35.0 Å². The Morgan fingerprint density at radius 2 is 1.53 bits per heavy atom. The topological polar surface area (TPSA) is 184 Å². The van der Waals surface area contributed by atoms with Crippen molar-refractivity contribution in [1.82, 2.24) is 9.80 Å². The molecule has 4 aliphatic rings. The van der Waals surface area contributed by atoms with Crippen LogP contribution in [0.4, 0.5) is 0 Å². The van der Waals surface area contributed by atoms with Crippen LogP contribution in [-0.4, -0.2) is 93.4 Å². The summed E-state index contributed by atoms with van der Waals surface area (Å²) in [5.74, 6) is 0.978. The minimum absolute atomic E-state index is 0.0565. The average molecular weight is 837 g/mol. The third-order valence-electron chi connectivity index (χ3n) is 12.9. The van der Waals surface area contributed by atoms with Crippen LogP contribution in [0.1, 0.15) is 135 Å². The molecule has 15 heteroatoms. The van der Waals surface area contributed by atoms with Crippen LogP contribution in [0.3, 0.4) is 0 Å². The zero-order valence-corrected chi connectivity index (χ0v) is 36.6. The Balaban J connectivity index is 1.12. The molecule has 0 radical (unpaired) electrons. The molecule has 2 aromatic carbocycles. The molecular weight excluding hydrogens is 775 g/mol. The van der Waals surface area contributed by atoms with Gasteiger partial charge in [-0.2, -0.15) is 10.5 Å². The van der Waals surface area contributed by atoms with Gasteiger partial charge in [-0.1, -0.05) is 13.8 Å². The van der Waals surface area contributed by atoms with Crippen molar-refractivity contribution in [2.75, 3.05) is 32.9 Å². The number of fused-ring (bicyclic) bond motifs is 2. The van der Waals surface area contributed by atoms with Gasteiger partial charge in [0.25, 0.3) is 0 Å². The number of carbonyl (C=O) groups is 1. The second kappa shape index (κ2) is 17.4. The van der Waals surface area contributed by atoms with E-state index in [9.17, 15) is 29.9 Å². The monoisotopic (exact) mass is 836 g/mol. The van der Waals surface area contributed by atoms with Crippen LogP contribution in [0.15, 0.2) is 36.4 Å². The van der Waals surface area contributed by atoms with E-state index in [1.165, 1.54) is 0 Å². The minimum Gasteiger partial charge on any atom is -0.487 e. The summed E-state index contributed by atoms with van der Waals surface area (Å²) in [6, 6.07) is 14.2. The Bertz CT molecular complexity index is 2000. The van der Waals surface area contributed by atoms with E-state index in [0.717, 1.165) is 24.0 Å². The van der Waals surface area contributed by atoms with Gasteiger partial charge in [0.2, 0.25) is 5.91 Å². The summed E-state index contributed by atoms with van der Waals surface area (Å²) < 4.78 is 51.0. The fraction of sp³-hybridized carbons (Fsp3) is 0.659. The summed E-state index contributed by atoms with van der Waals surface area (Å²) in [5.41, 5.74) is -1.07. The molecule has 2 fully saturated rings. The second-order valence-corrected chi connectivity index (χ2v) is 19.2. The third-order valence-corrected chi connectivity index (χ3v) is 14.1. The lowest BCUT2D eigenvalue weighted by Gasteiger charge is -2.54. The van der Waals surface area contributed by atoms with Crippen molar-refractivity contribution in [3.63, 3.8) is 0 Å². The normalized spacial score (nSPS) is 27.8. The van der Waals surface area contributed by atoms with Crippen molar-refractivity contribution in [2.24, 2.45) is 5.92 Å². The molecule has 1 amide bonds. The number of hydrogen-bond donors (Lipinski definition) is 2. The zero-order valence-electron chi connectivity index (χ0n) is 35.7. The fourth-order valence-corrected chi connectivity index (χ4v) is 10.8. The van der Waals surface area contributed by atoms with Crippen molar-refractivity contribution in [2.45, 2.75) is 147 Å². The highest BCUT2D eigenvalue weighted by Gasteiger charge is 2.56. The van der Waals surface area contributed by atoms with Gasteiger partial charge in [0.05, 0.1) is 72.3 Å². The number of ether oxygens (including phenoxy) is 4. The molecule has 59 heavy (non-hydrogen) atoms. The van der Waals surface area contributed by atoms with Crippen molar-refractivity contribution in [3.8, 4) is 23.6 Å². The number of amides is 1. The van der Waals surface area contributed by atoms with Gasteiger partial charge in [-0.15, -0.1) is 0 Å². The SMILES string of the molecule is CCC(C)(CCO[C@@](C)(CC)[C@@H]1[C@@H](N2CCCC2=O)c2cc(C#N)ccc2OC1(C)C)OP(=O)(O)OCCO[C@@H]1[C@@H](N2CCCC2O)c2cc(C#N)ccc2OC1(C)C. The van der Waals surface area contributed by atoms with E-state index in [0.29, 0.717) is 61.4 Å². The number of hydrogen-bond acceptors (Lipinski definition) is 12.